The molecule has 0 bridgehead atoms. The normalized spacial score (nSPS) is 10.7. The molecule has 82 valence electrons. The summed E-state index contributed by atoms with van der Waals surface area (Å²) in [6.45, 7) is 4.12. The van der Waals surface area contributed by atoms with Gasteiger partial charge in [-0.2, -0.15) is 0 Å². The topological polar surface area (TPSA) is 63.1 Å². The monoisotopic (exact) mass is 228 g/mol. The van der Waals surface area contributed by atoms with E-state index in [1.165, 1.54) is 0 Å². The van der Waals surface area contributed by atoms with Crippen LogP contribution in [0.4, 0.5) is 0 Å². The maximum absolute atomic E-state index is 10.5. The Kier molecular flexibility index (Phi) is 4.03. The minimum Gasteiger partial charge on any atom is -0.481 e. The Balaban J connectivity index is 2.89. The van der Waals surface area contributed by atoms with Gasteiger partial charge in [0.2, 0.25) is 5.28 Å². The Morgan fingerprint density at radius 1 is 1.47 bits per heavy atom. The van der Waals surface area contributed by atoms with Gasteiger partial charge in [0.25, 0.3) is 0 Å². The molecule has 0 unspecified atom stereocenters. The van der Waals surface area contributed by atoms with E-state index in [1.54, 1.807) is 6.07 Å². The molecule has 0 atom stereocenters. The molecule has 0 amide bonds. The van der Waals surface area contributed by atoms with Crippen molar-refractivity contribution >= 4 is 17.6 Å². The van der Waals surface area contributed by atoms with Crippen LogP contribution in [-0.2, 0) is 17.6 Å². The number of hydrogen-bond donors (Lipinski definition) is 1. The van der Waals surface area contributed by atoms with Crippen LogP contribution in [0.2, 0.25) is 5.28 Å². The minimum atomic E-state index is -0.916. The third-order valence-electron chi connectivity index (χ3n) is 1.75. The second kappa shape index (κ2) is 5.07. The van der Waals surface area contributed by atoms with E-state index in [-0.39, 0.29) is 11.7 Å². The van der Waals surface area contributed by atoms with Crippen LogP contribution in [0.5, 0.6) is 0 Å². The Bertz CT molecular complexity index is 366. The molecule has 1 aromatic rings. The van der Waals surface area contributed by atoms with Crippen molar-refractivity contribution in [3.8, 4) is 0 Å². The van der Waals surface area contributed by atoms with E-state index in [0.29, 0.717) is 11.6 Å². The zero-order chi connectivity index (χ0) is 11.4. The van der Waals surface area contributed by atoms with E-state index in [1.807, 2.05) is 0 Å². The quantitative estimate of drug-likeness (QED) is 0.801. The van der Waals surface area contributed by atoms with Gasteiger partial charge in [0, 0.05) is 5.69 Å². The molecule has 1 aromatic heterocycles. The lowest BCUT2D eigenvalue weighted by Crippen LogP contribution is -2.06. The van der Waals surface area contributed by atoms with Gasteiger partial charge in [-0.25, -0.2) is 9.97 Å². The van der Waals surface area contributed by atoms with Gasteiger partial charge in [0.1, 0.15) is 0 Å². The average molecular weight is 229 g/mol. The highest BCUT2D eigenvalue weighted by molar-refractivity contribution is 6.28. The van der Waals surface area contributed by atoms with Crippen molar-refractivity contribution in [2.24, 2.45) is 5.92 Å². The van der Waals surface area contributed by atoms with Gasteiger partial charge in [-0.3, -0.25) is 4.79 Å². The second-order valence-corrected chi connectivity index (χ2v) is 4.13. The molecule has 0 fully saturated rings. The van der Waals surface area contributed by atoms with Crippen LogP contribution >= 0.6 is 11.6 Å². The van der Waals surface area contributed by atoms with Crippen LogP contribution in [0.3, 0.4) is 0 Å². The van der Waals surface area contributed by atoms with Gasteiger partial charge in [0.15, 0.2) is 0 Å². The summed E-state index contributed by atoms with van der Waals surface area (Å²) >= 11 is 5.70. The summed E-state index contributed by atoms with van der Waals surface area (Å²) in [5.41, 5.74) is 1.25. The lowest BCUT2D eigenvalue weighted by atomic mass is 10.1. The van der Waals surface area contributed by atoms with Crippen molar-refractivity contribution in [1.82, 2.24) is 9.97 Å². The molecule has 15 heavy (non-hydrogen) atoms. The minimum absolute atomic E-state index is 0.115. The van der Waals surface area contributed by atoms with Crippen molar-refractivity contribution in [1.29, 1.82) is 0 Å². The van der Waals surface area contributed by atoms with Gasteiger partial charge in [0.05, 0.1) is 12.1 Å². The highest BCUT2D eigenvalue weighted by Crippen LogP contribution is 2.11. The summed E-state index contributed by atoms with van der Waals surface area (Å²) in [6.07, 6.45) is 0.655. The molecular formula is C10H13ClN2O2. The summed E-state index contributed by atoms with van der Waals surface area (Å²) in [5.74, 6) is -0.464. The molecule has 0 radical (unpaired) electrons. The first-order valence-electron chi connectivity index (χ1n) is 4.71. The standard InChI is InChI=1S/C10H13ClN2O2/c1-6(2)3-7-4-8(5-9(14)15)13-10(11)12-7/h4,6H,3,5H2,1-2H3,(H,14,15). The highest BCUT2D eigenvalue weighted by atomic mass is 35.5. The maximum Gasteiger partial charge on any atom is 0.309 e. The SMILES string of the molecule is CC(C)Cc1cc(CC(=O)O)nc(Cl)n1. The van der Waals surface area contributed by atoms with Gasteiger partial charge in [-0.1, -0.05) is 13.8 Å². The van der Waals surface area contributed by atoms with Crippen molar-refractivity contribution in [3.63, 3.8) is 0 Å². The van der Waals surface area contributed by atoms with Crippen LogP contribution in [-0.4, -0.2) is 21.0 Å². The molecule has 1 heterocycles. The van der Waals surface area contributed by atoms with Crippen LogP contribution in [0.15, 0.2) is 6.07 Å². The number of rotatable bonds is 4. The van der Waals surface area contributed by atoms with Crippen molar-refractivity contribution in [2.45, 2.75) is 26.7 Å². The molecule has 0 saturated heterocycles. The molecule has 0 aliphatic carbocycles. The molecule has 0 saturated carbocycles. The molecule has 1 rings (SSSR count). The third kappa shape index (κ3) is 4.25. The highest BCUT2D eigenvalue weighted by Gasteiger charge is 2.07. The fourth-order valence-corrected chi connectivity index (χ4v) is 1.50. The second-order valence-electron chi connectivity index (χ2n) is 3.79. The van der Waals surface area contributed by atoms with E-state index in [0.717, 1.165) is 12.1 Å². The zero-order valence-electron chi connectivity index (χ0n) is 8.70. The Labute approximate surface area is 93.3 Å². The van der Waals surface area contributed by atoms with E-state index < -0.39 is 5.97 Å². The summed E-state index contributed by atoms with van der Waals surface area (Å²) in [5, 5.41) is 8.74. The summed E-state index contributed by atoms with van der Waals surface area (Å²) in [7, 11) is 0. The van der Waals surface area contributed by atoms with Gasteiger partial charge >= 0.3 is 5.97 Å². The van der Waals surface area contributed by atoms with Crippen molar-refractivity contribution < 1.29 is 9.90 Å². The first kappa shape index (κ1) is 11.9. The van der Waals surface area contributed by atoms with E-state index in [9.17, 15) is 4.79 Å². The first-order chi connectivity index (χ1) is 6.97. The number of hydrogen-bond acceptors (Lipinski definition) is 3. The van der Waals surface area contributed by atoms with E-state index in [4.69, 9.17) is 16.7 Å². The first-order valence-corrected chi connectivity index (χ1v) is 5.09. The largest absolute Gasteiger partial charge is 0.481 e. The molecular weight excluding hydrogens is 216 g/mol. The lowest BCUT2D eigenvalue weighted by molar-refractivity contribution is -0.136. The van der Waals surface area contributed by atoms with Gasteiger partial charge in [-0.15, -0.1) is 0 Å². The molecule has 4 nitrogen and oxygen atoms in total. The molecule has 1 N–H and O–H groups in total. The zero-order valence-corrected chi connectivity index (χ0v) is 9.45. The van der Waals surface area contributed by atoms with Crippen LogP contribution < -0.4 is 0 Å². The van der Waals surface area contributed by atoms with Crippen molar-refractivity contribution in [2.75, 3.05) is 0 Å². The van der Waals surface area contributed by atoms with Gasteiger partial charge in [-0.05, 0) is 30.0 Å². The van der Waals surface area contributed by atoms with Crippen LogP contribution in [0, 0.1) is 5.92 Å². The predicted octanol–water partition coefficient (Wildman–Crippen LogP) is 1.96. The number of carbonyl (C=O) groups is 1. The smallest absolute Gasteiger partial charge is 0.309 e. The van der Waals surface area contributed by atoms with Crippen molar-refractivity contribution in [3.05, 3.63) is 22.7 Å². The fraction of sp³-hybridized carbons (Fsp3) is 0.500. The number of nitrogens with zero attached hydrogens (tertiary/aromatic N) is 2. The Morgan fingerprint density at radius 2 is 2.07 bits per heavy atom. The fourth-order valence-electron chi connectivity index (χ4n) is 1.29. The Morgan fingerprint density at radius 3 is 2.60 bits per heavy atom. The average Bonchev–Trinajstić information content (AvgIpc) is 1.98. The maximum atomic E-state index is 10.5. The third-order valence-corrected chi connectivity index (χ3v) is 1.92. The number of aromatic nitrogens is 2. The number of aliphatic carboxylic acids is 1. The number of halogens is 1. The van der Waals surface area contributed by atoms with Gasteiger partial charge < -0.3 is 5.11 Å². The van der Waals surface area contributed by atoms with E-state index >= 15 is 0 Å². The van der Waals surface area contributed by atoms with Crippen LogP contribution in [0.1, 0.15) is 25.2 Å². The number of carboxylic acids is 1. The molecule has 0 aromatic carbocycles. The molecule has 0 spiro atoms. The molecule has 0 aliphatic heterocycles. The lowest BCUT2D eigenvalue weighted by Gasteiger charge is -2.05. The predicted molar refractivity (Wildman–Crippen MR) is 56.9 cm³/mol. The number of carboxylic acid groups (broad SMARTS) is 1. The summed E-state index contributed by atoms with van der Waals surface area (Å²) in [6, 6.07) is 1.69. The van der Waals surface area contributed by atoms with E-state index in [2.05, 4.69) is 23.8 Å². The molecule has 5 heteroatoms. The summed E-state index contributed by atoms with van der Waals surface area (Å²) < 4.78 is 0. The Hall–Kier alpha value is -1.16. The summed E-state index contributed by atoms with van der Waals surface area (Å²) in [4.78, 5) is 18.4. The van der Waals surface area contributed by atoms with Crippen LogP contribution in [0.25, 0.3) is 0 Å². The molecule has 0 aliphatic rings.